The maximum absolute atomic E-state index is 2.49. The van der Waals surface area contributed by atoms with Crippen LogP contribution in [0, 0.1) is 29.6 Å². The smallest absolute Gasteiger partial charge is 0.0358 e. The van der Waals surface area contributed by atoms with Gasteiger partial charge in [-0.3, -0.25) is 0 Å². The molecule has 0 heteroatoms. The third kappa shape index (κ3) is 4.11. The lowest BCUT2D eigenvalue weighted by Gasteiger charge is -2.43. The summed E-state index contributed by atoms with van der Waals surface area (Å²) in [6.45, 7) is 12.0. The van der Waals surface area contributed by atoms with Gasteiger partial charge in [-0.05, 0) is 42.4 Å². The molecule has 0 aromatic carbocycles. The zero-order valence-electron chi connectivity index (χ0n) is 12.1. The van der Waals surface area contributed by atoms with Gasteiger partial charge in [-0.15, -0.1) is 0 Å². The summed E-state index contributed by atoms with van der Waals surface area (Å²) in [6.07, 6.45) is 8.81. The van der Waals surface area contributed by atoms with Crippen LogP contribution in [0.3, 0.4) is 0 Å². The predicted octanol–water partition coefficient (Wildman–Crippen LogP) is 5.52. The van der Waals surface area contributed by atoms with Gasteiger partial charge in [0.1, 0.15) is 0 Å². The molecule has 1 aliphatic rings. The van der Waals surface area contributed by atoms with Crippen molar-refractivity contribution >= 4 is 0 Å². The Hall–Kier alpha value is 0. The van der Waals surface area contributed by atoms with Gasteiger partial charge in [0.05, 0.1) is 0 Å². The summed E-state index contributed by atoms with van der Waals surface area (Å²) in [5, 5.41) is 0. The molecule has 0 amide bonds. The van der Waals surface area contributed by atoms with E-state index in [4.69, 9.17) is 0 Å². The van der Waals surface area contributed by atoms with Crippen LogP contribution in [0.25, 0.3) is 0 Å². The molecule has 0 aromatic heterocycles. The van der Waals surface area contributed by atoms with Gasteiger partial charge in [0.25, 0.3) is 0 Å². The minimum absolute atomic E-state index is 0.891. The van der Waals surface area contributed by atoms with Crippen molar-refractivity contribution in [2.75, 3.05) is 0 Å². The van der Waals surface area contributed by atoms with Crippen LogP contribution in [-0.2, 0) is 0 Å². The molecule has 0 aromatic rings. The zero-order valence-corrected chi connectivity index (χ0v) is 12.1. The Morgan fingerprint density at radius 1 is 0.812 bits per heavy atom. The Balaban J connectivity index is 2.13. The maximum Gasteiger partial charge on any atom is -0.0358 e. The Kier molecular flexibility index (Phi) is 5.86. The molecule has 0 heterocycles. The monoisotopic (exact) mass is 224 g/mol. The minimum atomic E-state index is 0.891. The second-order valence-corrected chi connectivity index (χ2v) is 6.80. The average molecular weight is 224 g/mol. The van der Waals surface area contributed by atoms with E-state index in [0.717, 1.165) is 29.6 Å². The van der Waals surface area contributed by atoms with Crippen LogP contribution in [0.1, 0.15) is 73.1 Å². The molecule has 96 valence electrons. The van der Waals surface area contributed by atoms with Crippen molar-refractivity contribution in [3.63, 3.8) is 0 Å². The van der Waals surface area contributed by atoms with Crippen LogP contribution in [0.15, 0.2) is 0 Å². The lowest BCUT2D eigenvalue weighted by atomic mass is 9.62. The highest BCUT2D eigenvalue weighted by Gasteiger charge is 2.35. The summed E-state index contributed by atoms with van der Waals surface area (Å²) in [5.74, 6) is 4.88. The van der Waals surface area contributed by atoms with Crippen molar-refractivity contribution in [2.24, 2.45) is 29.6 Å². The molecule has 3 unspecified atom stereocenters. The summed E-state index contributed by atoms with van der Waals surface area (Å²) < 4.78 is 0. The Labute approximate surface area is 103 Å². The Morgan fingerprint density at radius 3 is 1.81 bits per heavy atom. The first-order valence-corrected chi connectivity index (χ1v) is 7.52. The normalized spacial score (nSPS) is 27.2. The van der Waals surface area contributed by atoms with E-state index >= 15 is 0 Å². The molecule has 1 fully saturated rings. The molecule has 0 spiro atoms. The van der Waals surface area contributed by atoms with Crippen molar-refractivity contribution in [3.05, 3.63) is 0 Å². The van der Waals surface area contributed by atoms with Crippen LogP contribution in [0.4, 0.5) is 0 Å². The van der Waals surface area contributed by atoms with Crippen LogP contribution in [0.5, 0.6) is 0 Å². The summed E-state index contributed by atoms with van der Waals surface area (Å²) in [5.41, 5.74) is 0. The van der Waals surface area contributed by atoms with Crippen LogP contribution >= 0.6 is 0 Å². The SMILES string of the molecule is CC(C)CCCCC(C)C1CCC1C(C)C. The third-order valence-electron chi connectivity index (χ3n) is 4.66. The van der Waals surface area contributed by atoms with Gasteiger partial charge in [0, 0.05) is 0 Å². The van der Waals surface area contributed by atoms with E-state index in [2.05, 4.69) is 34.6 Å². The highest BCUT2D eigenvalue weighted by Crippen LogP contribution is 2.45. The Morgan fingerprint density at radius 2 is 1.38 bits per heavy atom. The van der Waals surface area contributed by atoms with E-state index in [0.29, 0.717) is 0 Å². The van der Waals surface area contributed by atoms with Crippen molar-refractivity contribution in [2.45, 2.75) is 73.1 Å². The second-order valence-electron chi connectivity index (χ2n) is 6.80. The summed E-state index contributed by atoms with van der Waals surface area (Å²) in [6, 6.07) is 0. The molecule has 0 aliphatic heterocycles. The van der Waals surface area contributed by atoms with Gasteiger partial charge in [-0.1, -0.05) is 60.3 Å². The first kappa shape index (κ1) is 14.1. The molecule has 0 N–H and O–H groups in total. The topological polar surface area (TPSA) is 0 Å². The van der Waals surface area contributed by atoms with Crippen LogP contribution < -0.4 is 0 Å². The summed E-state index contributed by atoms with van der Waals surface area (Å²) in [7, 11) is 0. The molecule has 0 radical (unpaired) electrons. The quantitative estimate of drug-likeness (QED) is 0.499. The van der Waals surface area contributed by atoms with Crippen molar-refractivity contribution < 1.29 is 0 Å². The van der Waals surface area contributed by atoms with Crippen LogP contribution in [-0.4, -0.2) is 0 Å². The molecule has 3 atom stereocenters. The van der Waals surface area contributed by atoms with Gasteiger partial charge in [0.15, 0.2) is 0 Å². The molecule has 1 rings (SSSR count). The lowest BCUT2D eigenvalue weighted by molar-refractivity contribution is 0.0668. The zero-order chi connectivity index (χ0) is 12.1. The number of hydrogen-bond acceptors (Lipinski definition) is 0. The van der Waals surface area contributed by atoms with Gasteiger partial charge < -0.3 is 0 Å². The number of unbranched alkanes of at least 4 members (excludes halogenated alkanes) is 1. The molecule has 0 bridgehead atoms. The first-order chi connectivity index (χ1) is 7.52. The molecular formula is C16H32. The maximum atomic E-state index is 2.49. The highest BCUT2D eigenvalue weighted by molar-refractivity contribution is 4.85. The first-order valence-electron chi connectivity index (χ1n) is 7.52. The van der Waals surface area contributed by atoms with Crippen molar-refractivity contribution in [1.82, 2.24) is 0 Å². The largest absolute Gasteiger partial charge is 0.0628 e. The van der Waals surface area contributed by atoms with E-state index in [1.54, 1.807) is 0 Å². The van der Waals surface area contributed by atoms with Crippen molar-refractivity contribution in [3.8, 4) is 0 Å². The minimum Gasteiger partial charge on any atom is -0.0628 e. The molecule has 16 heavy (non-hydrogen) atoms. The molecule has 1 saturated carbocycles. The fraction of sp³-hybridized carbons (Fsp3) is 1.00. The lowest BCUT2D eigenvalue weighted by Crippen LogP contribution is -2.34. The van der Waals surface area contributed by atoms with Gasteiger partial charge >= 0.3 is 0 Å². The van der Waals surface area contributed by atoms with E-state index in [-0.39, 0.29) is 0 Å². The van der Waals surface area contributed by atoms with Gasteiger partial charge in [0.2, 0.25) is 0 Å². The van der Waals surface area contributed by atoms with E-state index in [9.17, 15) is 0 Å². The molecular weight excluding hydrogens is 192 g/mol. The van der Waals surface area contributed by atoms with E-state index < -0.39 is 0 Å². The fourth-order valence-corrected chi connectivity index (χ4v) is 3.32. The highest BCUT2D eigenvalue weighted by atomic mass is 14.4. The number of hydrogen-bond donors (Lipinski definition) is 0. The molecule has 0 nitrogen and oxygen atoms in total. The van der Waals surface area contributed by atoms with Gasteiger partial charge in [-0.25, -0.2) is 0 Å². The molecule has 1 aliphatic carbocycles. The van der Waals surface area contributed by atoms with Gasteiger partial charge in [-0.2, -0.15) is 0 Å². The second kappa shape index (κ2) is 6.67. The third-order valence-corrected chi connectivity index (χ3v) is 4.66. The fourth-order valence-electron chi connectivity index (χ4n) is 3.32. The Bertz CT molecular complexity index is 180. The van der Waals surface area contributed by atoms with Crippen LogP contribution in [0.2, 0.25) is 0 Å². The summed E-state index contributed by atoms with van der Waals surface area (Å²) >= 11 is 0. The van der Waals surface area contributed by atoms with Crippen molar-refractivity contribution in [1.29, 1.82) is 0 Å². The average Bonchev–Trinajstić information content (AvgIpc) is 2.09. The molecule has 0 saturated heterocycles. The summed E-state index contributed by atoms with van der Waals surface area (Å²) in [4.78, 5) is 0. The standard InChI is InChI=1S/C16H32/c1-12(2)8-6-7-9-14(5)16-11-10-15(16)13(3)4/h12-16H,6-11H2,1-5H3. The number of rotatable bonds is 7. The van der Waals surface area contributed by atoms with E-state index in [1.165, 1.54) is 38.5 Å². The predicted molar refractivity (Wildman–Crippen MR) is 73.5 cm³/mol. The van der Waals surface area contributed by atoms with E-state index in [1.807, 2.05) is 0 Å².